The fraction of sp³-hybridized carbons (Fsp3) is 0.294. The SMILES string of the molecule is O=C(O)c1coc(C(=O)N2CCC(NS(=O)(=O)c3ccc(F)cc3)CC2)c1. The van der Waals surface area contributed by atoms with Gasteiger partial charge in [-0.15, -0.1) is 0 Å². The molecular formula is C17H17FN2O6S. The Hall–Kier alpha value is -2.72. The molecule has 0 radical (unpaired) electrons. The standard InChI is InChI=1S/C17H17FN2O6S/c18-12-1-3-14(4-2-12)27(24,25)19-13-5-7-20(8-6-13)16(21)15-9-11(10-26-15)17(22)23/h1-4,9-10,13,19H,5-8H2,(H,22,23). The van der Waals surface area contributed by atoms with E-state index in [1.54, 1.807) is 0 Å². The fourth-order valence-corrected chi connectivity index (χ4v) is 4.12. The van der Waals surface area contributed by atoms with Gasteiger partial charge in [0.05, 0.1) is 10.5 Å². The Labute approximate surface area is 154 Å². The highest BCUT2D eigenvalue weighted by atomic mass is 32.2. The number of amides is 1. The highest BCUT2D eigenvalue weighted by Crippen LogP contribution is 2.18. The predicted octanol–water partition coefficient (Wildman–Crippen LogP) is 1.70. The van der Waals surface area contributed by atoms with Crippen LogP contribution >= 0.6 is 0 Å². The number of nitrogens with one attached hydrogen (secondary N) is 1. The maximum atomic E-state index is 12.9. The van der Waals surface area contributed by atoms with Gasteiger partial charge in [0, 0.05) is 25.2 Å². The van der Waals surface area contributed by atoms with Gasteiger partial charge < -0.3 is 14.4 Å². The summed E-state index contributed by atoms with van der Waals surface area (Å²) in [4.78, 5) is 24.7. The van der Waals surface area contributed by atoms with Gasteiger partial charge in [0.25, 0.3) is 5.91 Å². The Morgan fingerprint density at radius 2 is 1.81 bits per heavy atom. The third-order valence-corrected chi connectivity index (χ3v) is 5.82. The quantitative estimate of drug-likeness (QED) is 0.795. The van der Waals surface area contributed by atoms with E-state index in [9.17, 15) is 22.4 Å². The molecule has 1 saturated heterocycles. The molecule has 2 N–H and O–H groups in total. The summed E-state index contributed by atoms with van der Waals surface area (Å²) in [7, 11) is -3.78. The number of aromatic carboxylic acids is 1. The van der Waals surface area contributed by atoms with Gasteiger partial charge in [-0.2, -0.15) is 0 Å². The minimum absolute atomic E-state index is 0.0285. The van der Waals surface area contributed by atoms with Crippen LogP contribution in [-0.4, -0.2) is 49.4 Å². The average Bonchev–Trinajstić information content (AvgIpc) is 3.12. The topological polar surface area (TPSA) is 117 Å². The molecule has 27 heavy (non-hydrogen) atoms. The van der Waals surface area contributed by atoms with Crippen molar-refractivity contribution in [2.75, 3.05) is 13.1 Å². The van der Waals surface area contributed by atoms with Crippen molar-refractivity contribution in [1.82, 2.24) is 9.62 Å². The number of benzene rings is 1. The average molecular weight is 396 g/mol. The zero-order valence-electron chi connectivity index (χ0n) is 14.1. The summed E-state index contributed by atoms with van der Waals surface area (Å²) in [5, 5.41) is 8.87. The van der Waals surface area contributed by atoms with E-state index >= 15 is 0 Å². The smallest absolute Gasteiger partial charge is 0.338 e. The van der Waals surface area contributed by atoms with Crippen LogP contribution in [0.25, 0.3) is 0 Å². The molecule has 3 rings (SSSR count). The van der Waals surface area contributed by atoms with Crippen molar-refractivity contribution in [2.24, 2.45) is 0 Å². The molecule has 144 valence electrons. The molecule has 1 amide bonds. The van der Waals surface area contributed by atoms with Crippen LogP contribution in [0.3, 0.4) is 0 Å². The first-order chi connectivity index (χ1) is 12.8. The number of carboxylic acid groups (broad SMARTS) is 1. The number of furan rings is 1. The fourth-order valence-electron chi connectivity index (χ4n) is 2.82. The molecule has 0 atom stereocenters. The molecule has 0 saturated carbocycles. The number of sulfonamides is 1. The normalized spacial score (nSPS) is 15.7. The van der Waals surface area contributed by atoms with Crippen molar-refractivity contribution < 1.29 is 31.9 Å². The van der Waals surface area contributed by atoms with Crippen molar-refractivity contribution in [3.8, 4) is 0 Å². The Morgan fingerprint density at radius 3 is 2.37 bits per heavy atom. The van der Waals surface area contributed by atoms with E-state index in [2.05, 4.69) is 4.72 Å². The predicted molar refractivity (Wildman–Crippen MR) is 91.3 cm³/mol. The molecule has 1 fully saturated rings. The summed E-state index contributed by atoms with van der Waals surface area (Å²) in [5.74, 6) is -2.23. The van der Waals surface area contributed by atoms with E-state index in [1.165, 1.54) is 17.0 Å². The number of piperidine rings is 1. The van der Waals surface area contributed by atoms with Crippen LogP contribution < -0.4 is 4.72 Å². The zero-order valence-corrected chi connectivity index (χ0v) is 14.9. The first kappa shape index (κ1) is 19.1. The second-order valence-electron chi connectivity index (χ2n) is 6.15. The first-order valence-electron chi connectivity index (χ1n) is 8.15. The molecule has 1 aliphatic heterocycles. The van der Waals surface area contributed by atoms with E-state index in [4.69, 9.17) is 9.52 Å². The van der Waals surface area contributed by atoms with Gasteiger partial charge in [-0.25, -0.2) is 22.3 Å². The van der Waals surface area contributed by atoms with E-state index in [0.717, 1.165) is 24.5 Å². The number of hydrogen-bond donors (Lipinski definition) is 2. The second-order valence-corrected chi connectivity index (χ2v) is 7.86. The number of carbonyl (C=O) groups is 2. The van der Waals surface area contributed by atoms with E-state index in [0.29, 0.717) is 25.9 Å². The zero-order chi connectivity index (χ0) is 19.6. The largest absolute Gasteiger partial charge is 0.478 e. The lowest BCUT2D eigenvalue weighted by molar-refractivity contribution is 0.0675. The summed E-state index contributed by atoms with van der Waals surface area (Å²) >= 11 is 0. The van der Waals surface area contributed by atoms with Crippen LogP contribution in [-0.2, 0) is 10.0 Å². The van der Waals surface area contributed by atoms with Crippen LogP contribution in [0.1, 0.15) is 33.8 Å². The van der Waals surface area contributed by atoms with Gasteiger partial charge >= 0.3 is 5.97 Å². The lowest BCUT2D eigenvalue weighted by Gasteiger charge is -2.31. The molecule has 10 heteroatoms. The van der Waals surface area contributed by atoms with Gasteiger partial charge in [0.1, 0.15) is 12.1 Å². The van der Waals surface area contributed by atoms with Crippen molar-refractivity contribution in [3.05, 3.63) is 53.7 Å². The first-order valence-corrected chi connectivity index (χ1v) is 9.63. The highest BCUT2D eigenvalue weighted by Gasteiger charge is 2.28. The molecule has 0 bridgehead atoms. The molecule has 8 nitrogen and oxygen atoms in total. The number of nitrogens with zero attached hydrogens (tertiary/aromatic N) is 1. The summed E-state index contributed by atoms with van der Waals surface area (Å²) in [5.41, 5.74) is -0.111. The van der Waals surface area contributed by atoms with Gasteiger partial charge in [0.15, 0.2) is 5.76 Å². The Morgan fingerprint density at radius 1 is 1.19 bits per heavy atom. The van der Waals surface area contributed by atoms with Gasteiger partial charge in [0.2, 0.25) is 10.0 Å². The second kappa shape index (κ2) is 7.49. The van der Waals surface area contributed by atoms with Crippen molar-refractivity contribution in [1.29, 1.82) is 0 Å². The van der Waals surface area contributed by atoms with Crippen molar-refractivity contribution >= 4 is 21.9 Å². The van der Waals surface area contributed by atoms with Gasteiger partial charge in [-0.3, -0.25) is 4.79 Å². The molecule has 0 spiro atoms. The van der Waals surface area contributed by atoms with E-state index < -0.39 is 27.7 Å². The van der Waals surface area contributed by atoms with Crippen LogP contribution in [0.2, 0.25) is 0 Å². The van der Waals surface area contributed by atoms with Crippen molar-refractivity contribution in [3.63, 3.8) is 0 Å². The molecule has 1 aliphatic rings. The number of likely N-dealkylation sites (tertiary alicyclic amines) is 1. The molecule has 1 aromatic heterocycles. The Balaban J connectivity index is 1.59. The number of carbonyl (C=O) groups excluding carboxylic acids is 1. The van der Waals surface area contributed by atoms with Crippen molar-refractivity contribution in [2.45, 2.75) is 23.8 Å². The summed E-state index contributed by atoms with van der Waals surface area (Å²) in [6.45, 7) is 0.580. The number of rotatable bonds is 5. The summed E-state index contributed by atoms with van der Waals surface area (Å²) in [6.07, 6.45) is 1.77. The number of carboxylic acids is 1. The van der Waals surface area contributed by atoms with Crippen LogP contribution in [0.5, 0.6) is 0 Å². The third kappa shape index (κ3) is 4.34. The molecule has 0 unspecified atom stereocenters. The van der Waals surface area contributed by atoms with E-state index in [1.807, 2.05) is 0 Å². The summed E-state index contributed by atoms with van der Waals surface area (Å²) < 4.78 is 45.2. The van der Waals surface area contributed by atoms with Crippen LogP contribution in [0, 0.1) is 5.82 Å². The third-order valence-electron chi connectivity index (χ3n) is 4.29. The monoisotopic (exact) mass is 396 g/mol. The van der Waals surface area contributed by atoms with Crippen LogP contribution in [0.15, 0.2) is 45.9 Å². The minimum Gasteiger partial charge on any atom is -0.478 e. The molecular weight excluding hydrogens is 379 g/mol. The summed E-state index contributed by atoms with van der Waals surface area (Å²) in [6, 6.07) is 5.32. The Bertz CT molecular complexity index is 946. The maximum absolute atomic E-state index is 12.9. The van der Waals surface area contributed by atoms with Crippen LogP contribution in [0.4, 0.5) is 4.39 Å². The maximum Gasteiger partial charge on any atom is 0.338 e. The molecule has 1 aromatic carbocycles. The van der Waals surface area contributed by atoms with E-state index in [-0.39, 0.29) is 22.3 Å². The number of halogens is 1. The molecule has 2 aromatic rings. The minimum atomic E-state index is -3.78. The highest BCUT2D eigenvalue weighted by molar-refractivity contribution is 7.89. The lowest BCUT2D eigenvalue weighted by Crippen LogP contribution is -2.46. The lowest BCUT2D eigenvalue weighted by atomic mass is 10.1. The Kier molecular flexibility index (Phi) is 5.29. The molecule has 0 aliphatic carbocycles. The number of hydrogen-bond acceptors (Lipinski definition) is 5. The van der Waals surface area contributed by atoms with Gasteiger partial charge in [-0.1, -0.05) is 0 Å². The molecule has 2 heterocycles. The van der Waals surface area contributed by atoms with Gasteiger partial charge in [-0.05, 0) is 37.1 Å².